The Morgan fingerprint density at radius 2 is 1.54 bits per heavy atom. The molecule has 2 rings (SSSR count). The monoisotopic (exact) mass is 376 g/mol. The Hall–Kier alpha value is -0.990. The third-order valence-electron chi connectivity index (χ3n) is 3.99. The maximum absolute atomic E-state index is 12.8. The second-order valence-electron chi connectivity index (χ2n) is 5.89. The highest BCUT2D eigenvalue weighted by Crippen LogP contribution is 2.36. The summed E-state index contributed by atoms with van der Waals surface area (Å²) >= 11 is 0. The van der Waals surface area contributed by atoms with Crippen molar-refractivity contribution in [2.75, 3.05) is 19.6 Å². The lowest BCUT2D eigenvalue weighted by Crippen LogP contribution is -2.37. The average Bonchev–Trinajstić information content (AvgIpc) is 2.45. The predicted octanol–water partition coefficient (Wildman–Crippen LogP) is 4.32. The number of piperidine rings is 1. The Labute approximate surface area is 142 Å². The van der Waals surface area contributed by atoms with Crippen LogP contribution in [0.25, 0.3) is 0 Å². The maximum atomic E-state index is 12.8. The number of nitrogens with zero attached hydrogens (tertiary/aromatic N) is 1. The van der Waals surface area contributed by atoms with Crippen molar-refractivity contribution in [1.29, 1.82) is 0 Å². The number of hydrogen-bond acceptors (Lipinski definition) is 2. The van der Waals surface area contributed by atoms with Crippen LogP contribution < -0.4 is 5.73 Å². The fourth-order valence-corrected chi connectivity index (χ4v) is 2.86. The minimum absolute atomic E-state index is 0. The van der Waals surface area contributed by atoms with Crippen LogP contribution in [-0.2, 0) is 18.9 Å². The molecule has 0 aliphatic carbocycles. The highest BCUT2D eigenvalue weighted by Gasteiger charge is 2.37. The molecule has 1 atom stereocenters. The molecule has 0 saturated carbocycles. The molecule has 1 aliphatic heterocycles. The van der Waals surface area contributed by atoms with Gasteiger partial charge in [-0.2, -0.15) is 26.3 Å². The number of alkyl halides is 6. The number of hydrogen-bond donors (Lipinski definition) is 1. The number of benzene rings is 1. The van der Waals surface area contributed by atoms with Gasteiger partial charge in [-0.25, -0.2) is 0 Å². The highest BCUT2D eigenvalue weighted by molar-refractivity contribution is 5.85. The summed E-state index contributed by atoms with van der Waals surface area (Å²) in [5.41, 5.74) is 3.08. The van der Waals surface area contributed by atoms with E-state index in [1.165, 1.54) is 0 Å². The van der Waals surface area contributed by atoms with E-state index in [2.05, 4.69) is 0 Å². The zero-order valence-electron chi connectivity index (χ0n) is 12.8. The summed E-state index contributed by atoms with van der Waals surface area (Å²) in [4.78, 5) is 1.86. The normalized spacial score (nSPS) is 19.9. The summed E-state index contributed by atoms with van der Waals surface area (Å²) in [7, 11) is 0. The van der Waals surface area contributed by atoms with Crippen LogP contribution in [0.5, 0.6) is 0 Å². The van der Waals surface area contributed by atoms with Gasteiger partial charge in [0.2, 0.25) is 0 Å². The minimum Gasteiger partial charge on any atom is -0.330 e. The van der Waals surface area contributed by atoms with E-state index in [4.69, 9.17) is 5.73 Å². The fourth-order valence-electron chi connectivity index (χ4n) is 2.86. The standard InChI is InChI=1S/C15H18F6N2.ClH/c16-14(17,18)12-4-11(5-13(6-12)15(19,20)21)9-23-3-1-2-10(7-22)8-23;/h4-6,10H,1-3,7-9,22H2;1H. The summed E-state index contributed by atoms with van der Waals surface area (Å²) < 4.78 is 77.0. The summed E-state index contributed by atoms with van der Waals surface area (Å²) in [6.07, 6.45) is -7.84. The van der Waals surface area contributed by atoms with E-state index in [-0.39, 0.29) is 36.5 Å². The van der Waals surface area contributed by atoms with Gasteiger partial charge in [0.25, 0.3) is 0 Å². The molecule has 138 valence electrons. The van der Waals surface area contributed by atoms with Crippen LogP contribution in [-0.4, -0.2) is 24.5 Å². The highest BCUT2D eigenvalue weighted by atomic mass is 35.5. The minimum atomic E-state index is -4.81. The first-order chi connectivity index (χ1) is 10.6. The van der Waals surface area contributed by atoms with Crippen LogP contribution in [0.2, 0.25) is 0 Å². The molecule has 0 amide bonds. The molecule has 1 fully saturated rings. The van der Waals surface area contributed by atoms with Gasteiger partial charge in [0.1, 0.15) is 0 Å². The van der Waals surface area contributed by atoms with E-state index >= 15 is 0 Å². The van der Waals surface area contributed by atoms with Crippen molar-refractivity contribution in [2.45, 2.75) is 31.7 Å². The zero-order chi connectivity index (χ0) is 17.3. The van der Waals surface area contributed by atoms with E-state index in [0.717, 1.165) is 25.0 Å². The summed E-state index contributed by atoms with van der Waals surface area (Å²) in [5, 5.41) is 0. The molecule has 1 unspecified atom stereocenters. The van der Waals surface area contributed by atoms with Gasteiger partial charge >= 0.3 is 12.4 Å². The molecular weight excluding hydrogens is 358 g/mol. The lowest BCUT2D eigenvalue weighted by molar-refractivity contribution is -0.143. The third kappa shape index (κ3) is 5.53. The molecule has 0 radical (unpaired) electrons. The maximum Gasteiger partial charge on any atom is 0.416 e. The predicted molar refractivity (Wildman–Crippen MR) is 80.7 cm³/mol. The molecule has 24 heavy (non-hydrogen) atoms. The van der Waals surface area contributed by atoms with E-state index in [1.807, 2.05) is 4.90 Å². The number of likely N-dealkylation sites (tertiary alicyclic amines) is 1. The molecule has 2 N–H and O–H groups in total. The molecule has 1 aromatic carbocycles. The van der Waals surface area contributed by atoms with Crippen molar-refractivity contribution >= 4 is 12.4 Å². The topological polar surface area (TPSA) is 29.3 Å². The zero-order valence-corrected chi connectivity index (χ0v) is 13.6. The van der Waals surface area contributed by atoms with Crippen molar-refractivity contribution in [3.63, 3.8) is 0 Å². The first kappa shape index (κ1) is 21.1. The van der Waals surface area contributed by atoms with E-state index < -0.39 is 23.5 Å². The Morgan fingerprint density at radius 1 is 1.00 bits per heavy atom. The molecular formula is C15H19ClF6N2. The van der Waals surface area contributed by atoms with E-state index in [9.17, 15) is 26.3 Å². The van der Waals surface area contributed by atoms with Crippen LogP contribution in [0.1, 0.15) is 29.5 Å². The van der Waals surface area contributed by atoms with Crippen molar-refractivity contribution in [3.8, 4) is 0 Å². The third-order valence-corrected chi connectivity index (χ3v) is 3.99. The van der Waals surface area contributed by atoms with Crippen LogP contribution in [0, 0.1) is 5.92 Å². The second-order valence-corrected chi connectivity index (χ2v) is 5.89. The molecule has 0 spiro atoms. The van der Waals surface area contributed by atoms with Crippen LogP contribution in [0.3, 0.4) is 0 Å². The van der Waals surface area contributed by atoms with Crippen molar-refractivity contribution < 1.29 is 26.3 Å². The first-order valence-electron chi connectivity index (χ1n) is 7.30. The van der Waals surface area contributed by atoms with Gasteiger partial charge in [-0.1, -0.05) is 0 Å². The van der Waals surface area contributed by atoms with Gasteiger partial charge in [-0.15, -0.1) is 12.4 Å². The van der Waals surface area contributed by atoms with Crippen molar-refractivity contribution in [3.05, 3.63) is 34.9 Å². The molecule has 1 aromatic rings. The quantitative estimate of drug-likeness (QED) is 0.796. The van der Waals surface area contributed by atoms with Crippen molar-refractivity contribution in [1.82, 2.24) is 4.90 Å². The van der Waals surface area contributed by atoms with Crippen molar-refractivity contribution in [2.24, 2.45) is 11.7 Å². The van der Waals surface area contributed by atoms with Gasteiger partial charge in [-0.05, 0) is 55.6 Å². The smallest absolute Gasteiger partial charge is 0.330 e. The lowest BCUT2D eigenvalue weighted by Gasteiger charge is -2.32. The molecule has 9 heteroatoms. The van der Waals surface area contributed by atoms with Crippen LogP contribution in [0.4, 0.5) is 26.3 Å². The first-order valence-corrected chi connectivity index (χ1v) is 7.30. The van der Waals surface area contributed by atoms with E-state index in [0.29, 0.717) is 19.6 Å². The number of rotatable bonds is 3. The fraction of sp³-hybridized carbons (Fsp3) is 0.600. The Morgan fingerprint density at radius 3 is 2.00 bits per heavy atom. The molecule has 0 aromatic heterocycles. The largest absolute Gasteiger partial charge is 0.416 e. The molecule has 1 heterocycles. The second kappa shape index (κ2) is 7.93. The molecule has 0 bridgehead atoms. The average molecular weight is 377 g/mol. The molecule has 1 aliphatic rings. The van der Waals surface area contributed by atoms with Gasteiger partial charge in [0.05, 0.1) is 11.1 Å². The molecule has 2 nitrogen and oxygen atoms in total. The van der Waals surface area contributed by atoms with Crippen LogP contribution >= 0.6 is 12.4 Å². The van der Waals surface area contributed by atoms with Gasteiger partial charge in [0.15, 0.2) is 0 Å². The van der Waals surface area contributed by atoms with Gasteiger partial charge in [-0.3, -0.25) is 4.90 Å². The number of halogens is 7. The summed E-state index contributed by atoms with van der Waals surface area (Å²) in [6, 6.07) is 1.74. The van der Waals surface area contributed by atoms with Crippen LogP contribution in [0.15, 0.2) is 18.2 Å². The Bertz CT molecular complexity index is 511. The summed E-state index contributed by atoms with van der Waals surface area (Å²) in [5.74, 6) is 0.233. The SMILES string of the molecule is Cl.NCC1CCCN(Cc2cc(C(F)(F)F)cc(C(F)(F)F)c2)C1. The lowest BCUT2D eigenvalue weighted by atomic mass is 9.97. The number of nitrogens with two attached hydrogens (primary N) is 1. The Kier molecular flexibility index (Phi) is 6.95. The van der Waals surface area contributed by atoms with Gasteiger partial charge < -0.3 is 5.73 Å². The van der Waals surface area contributed by atoms with E-state index in [1.54, 1.807) is 0 Å². The van der Waals surface area contributed by atoms with Gasteiger partial charge in [0, 0.05) is 13.1 Å². The summed E-state index contributed by atoms with van der Waals surface area (Å²) in [6.45, 7) is 1.76. The Balaban J connectivity index is 0.00000288. The molecule has 1 saturated heterocycles.